The van der Waals surface area contributed by atoms with Crippen LogP contribution in [0.4, 0.5) is 0 Å². The van der Waals surface area contributed by atoms with Crippen molar-refractivity contribution in [1.82, 2.24) is 5.32 Å². The highest BCUT2D eigenvalue weighted by Crippen LogP contribution is 2.21. The summed E-state index contributed by atoms with van der Waals surface area (Å²) in [5.41, 5.74) is 3.94. The van der Waals surface area contributed by atoms with Gasteiger partial charge in [0.1, 0.15) is 12.4 Å². The lowest BCUT2D eigenvalue weighted by atomic mass is 10.1. The Balaban J connectivity index is 1.83. The van der Waals surface area contributed by atoms with Crippen molar-refractivity contribution in [3.8, 4) is 5.75 Å². The first-order valence-corrected chi connectivity index (χ1v) is 7.59. The van der Waals surface area contributed by atoms with E-state index in [1.165, 1.54) is 5.56 Å². The Labute approximate surface area is 136 Å². The quantitative estimate of drug-likeness (QED) is 0.844. The molecule has 3 nitrogen and oxygen atoms in total. The van der Waals surface area contributed by atoms with Gasteiger partial charge >= 0.3 is 0 Å². The van der Waals surface area contributed by atoms with Crippen LogP contribution in [-0.2, 0) is 0 Å². The monoisotopic (exact) mass is 317 g/mol. The summed E-state index contributed by atoms with van der Waals surface area (Å²) in [5, 5.41) is 3.54. The smallest absolute Gasteiger partial charge is 0.251 e. The van der Waals surface area contributed by atoms with E-state index < -0.39 is 0 Å². The van der Waals surface area contributed by atoms with Gasteiger partial charge in [0.05, 0.1) is 6.54 Å². The van der Waals surface area contributed by atoms with Gasteiger partial charge in [-0.1, -0.05) is 17.7 Å². The zero-order valence-electron chi connectivity index (χ0n) is 13.1. The Kier molecular flexibility index (Phi) is 5.45. The topological polar surface area (TPSA) is 38.3 Å². The maximum Gasteiger partial charge on any atom is 0.251 e. The molecule has 0 bridgehead atoms. The fourth-order valence-electron chi connectivity index (χ4n) is 2.09. The van der Waals surface area contributed by atoms with Gasteiger partial charge in [0, 0.05) is 10.6 Å². The van der Waals surface area contributed by atoms with Crippen molar-refractivity contribution in [2.45, 2.75) is 20.8 Å². The molecule has 0 spiro atoms. The molecule has 0 aromatic heterocycles. The van der Waals surface area contributed by atoms with Crippen molar-refractivity contribution in [2.75, 3.05) is 13.2 Å². The highest BCUT2D eigenvalue weighted by molar-refractivity contribution is 6.30. The summed E-state index contributed by atoms with van der Waals surface area (Å²) in [6.45, 7) is 6.83. The standard InChI is InChI=1S/C18H20ClNO2/c1-12-4-5-15(10-13(12)2)18(21)20-8-9-22-17-7-6-16(19)11-14(17)3/h4-7,10-11H,8-9H2,1-3H3,(H,20,21). The SMILES string of the molecule is Cc1ccc(C(=O)NCCOc2ccc(Cl)cc2C)cc1C. The van der Waals surface area contributed by atoms with E-state index in [9.17, 15) is 4.79 Å². The fraction of sp³-hybridized carbons (Fsp3) is 0.278. The zero-order chi connectivity index (χ0) is 16.1. The lowest BCUT2D eigenvalue weighted by Gasteiger charge is -2.10. The number of halogens is 1. The maximum absolute atomic E-state index is 12.0. The zero-order valence-corrected chi connectivity index (χ0v) is 13.8. The number of aryl methyl sites for hydroxylation is 3. The second-order valence-corrected chi connectivity index (χ2v) is 5.75. The number of benzene rings is 2. The van der Waals surface area contributed by atoms with Crippen molar-refractivity contribution in [2.24, 2.45) is 0 Å². The molecular weight excluding hydrogens is 298 g/mol. The molecule has 0 radical (unpaired) electrons. The van der Waals surface area contributed by atoms with Crippen LogP contribution < -0.4 is 10.1 Å². The predicted octanol–water partition coefficient (Wildman–Crippen LogP) is 4.07. The molecule has 0 atom stereocenters. The molecular formula is C18H20ClNO2. The van der Waals surface area contributed by atoms with Crippen LogP contribution in [-0.4, -0.2) is 19.1 Å². The third kappa shape index (κ3) is 4.25. The first kappa shape index (κ1) is 16.4. The maximum atomic E-state index is 12.0. The second-order valence-electron chi connectivity index (χ2n) is 5.31. The normalized spacial score (nSPS) is 10.4. The second kappa shape index (κ2) is 7.32. The first-order valence-electron chi connectivity index (χ1n) is 7.22. The van der Waals surface area contributed by atoms with Gasteiger partial charge in [0.15, 0.2) is 0 Å². The number of nitrogens with one attached hydrogen (secondary N) is 1. The van der Waals surface area contributed by atoms with Crippen LogP contribution in [0.15, 0.2) is 36.4 Å². The van der Waals surface area contributed by atoms with E-state index in [1.807, 2.05) is 51.1 Å². The Morgan fingerprint density at radius 1 is 1.05 bits per heavy atom. The number of ether oxygens (including phenoxy) is 1. The molecule has 116 valence electrons. The molecule has 22 heavy (non-hydrogen) atoms. The number of hydrogen-bond donors (Lipinski definition) is 1. The molecule has 0 aliphatic rings. The summed E-state index contributed by atoms with van der Waals surface area (Å²) in [6.07, 6.45) is 0. The molecule has 0 heterocycles. The van der Waals surface area contributed by atoms with E-state index in [4.69, 9.17) is 16.3 Å². The number of carbonyl (C=O) groups is 1. The van der Waals surface area contributed by atoms with Crippen molar-refractivity contribution in [1.29, 1.82) is 0 Å². The van der Waals surface area contributed by atoms with Crippen molar-refractivity contribution < 1.29 is 9.53 Å². The lowest BCUT2D eigenvalue weighted by Crippen LogP contribution is -2.28. The van der Waals surface area contributed by atoms with Crippen molar-refractivity contribution in [3.63, 3.8) is 0 Å². The van der Waals surface area contributed by atoms with Crippen LogP contribution in [0.2, 0.25) is 5.02 Å². The minimum atomic E-state index is -0.0838. The Bertz CT molecular complexity index is 683. The van der Waals surface area contributed by atoms with Gasteiger partial charge < -0.3 is 10.1 Å². The molecule has 2 rings (SSSR count). The molecule has 2 aromatic rings. The third-order valence-electron chi connectivity index (χ3n) is 3.55. The van der Waals surface area contributed by atoms with Crippen LogP contribution >= 0.6 is 11.6 Å². The van der Waals surface area contributed by atoms with E-state index in [1.54, 1.807) is 6.07 Å². The van der Waals surface area contributed by atoms with Crippen LogP contribution in [0, 0.1) is 20.8 Å². The minimum Gasteiger partial charge on any atom is -0.491 e. The molecule has 0 aliphatic carbocycles. The van der Waals surface area contributed by atoms with Crippen molar-refractivity contribution in [3.05, 3.63) is 63.7 Å². The number of amides is 1. The van der Waals surface area contributed by atoms with E-state index in [2.05, 4.69) is 5.32 Å². The Hall–Kier alpha value is -2.00. The summed E-state index contributed by atoms with van der Waals surface area (Å²) >= 11 is 5.90. The van der Waals surface area contributed by atoms with Gasteiger partial charge in [0.2, 0.25) is 0 Å². The van der Waals surface area contributed by atoms with Crippen LogP contribution in [0.3, 0.4) is 0 Å². The summed E-state index contributed by atoms with van der Waals surface area (Å²) in [5.74, 6) is 0.698. The third-order valence-corrected chi connectivity index (χ3v) is 3.79. The first-order chi connectivity index (χ1) is 10.5. The lowest BCUT2D eigenvalue weighted by molar-refractivity contribution is 0.0947. The van der Waals surface area contributed by atoms with Gasteiger partial charge in [-0.3, -0.25) is 4.79 Å². The Morgan fingerprint density at radius 2 is 1.82 bits per heavy atom. The van der Waals surface area contributed by atoms with E-state index >= 15 is 0 Å². The highest BCUT2D eigenvalue weighted by atomic mass is 35.5. The Morgan fingerprint density at radius 3 is 2.50 bits per heavy atom. The van der Waals surface area contributed by atoms with Gasteiger partial charge in [-0.25, -0.2) is 0 Å². The number of carbonyl (C=O) groups excluding carboxylic acids is 1. The summed E-state index contributed by atoms with van der Waals surface area (Å²) < 4.78 is 5.65. The summed E-state index contributed by atoms with van der Waals surface area (Å²) in [6, 6.07) is 11.2. The minimum absolute atomic E-state index is 0.0838. The highest BCUT2D eigenvalue weighted by Gasteiger charge is 2.06. The fourth-order valence-corrected chi connectivity index (χ4v) is 2.31. The average Bonchev–Trinajstić information content (AvgIpc) is 2.48. The van der Waals surface area contributed by atoms with Crippen LogP contribution in [0.1, 0.15) is 27.0 Å². The molecule has 4 heteroatoms. The predicted molar refractivity (Wildman–Crippen MR) is 89.9 cm³/mol. The van der Waals surface area contributed by atoms with Gasteiger partial charge in [-0.2, -0.15) is 0 Å². The summed E-state index contributed by atoms with van der Waals surface area (Å²) in [4.78, 5) is 12.0. The molecule has 0 saturated carbocycles. The van der Waals surface area contributed by atoms with Gasteiger partial charge in [-0.05, 0) is 67.8 Å². The van der Waals surface area contributed by atoms with Gasteiger partial charge in [-0.15, -0.1) is 0 Å². The largest absolute Gasteiger partial charge is 0.491 e. The molecule has 1 amide bonds. The molecule has 0 unspecified atom stereocenters. The average molecular weight is 318 g/mol. The molecule has 1 N–H and O–H groups in total. The van der Waals surface area contributed by atoms with E-state index in [0.717, 1.165) is 16.9 Å². The van der Waals surface area contributed by atoms with Gasteiger partial charge in [0.25, 0.3) is 5.91 Å². The number of hydrogen-bond acceptors (Lipinski definition) is 2. The molecule has 0 saturated heterocycles. The number of rotatable bonds is 5. The van der Waals surface area contributed by atoms with Crippen LogP contribution in [0.25, 0.3) is 0 Å². The molecule has 0 aliphatic heterocycles. The molecule has 2 aromatic carbocycles. The summed E-state index contributed by atoms with van der Waals surface area (Å²) in [7, 11) is 0. The van der Waals surface area contributed by atoms with Crippen LogP contribution in [0.5, 0.6) is 5.75 Å². The molecule has 0 fully saturated rings. The van der Waals surface area contributed by atoms with Crippen molar-refractivity contribution >= 4 is 17.5 Å². The van der Waals surface area contributed by atoms with E-state index in [-0.39, 0.29) is 5.91 Å². The van der Waals surface area contributed by atoms with E-state index in [0.29, 0.717) is 23.7 Å².